The van der Waals surface area contributed by atoms with Crippen molar-refractivity contribution in [3.63, 3.8) is 0 Å². The minimum absolute atomic E-state index is 0.465. The van der Waals surface area contributed by atoms with E-state index in [1.54, 1.807) is 0 Å². The predicted molar refractivity (Wildman–Crippen MR) is 64.8 cm³/mol. The lowest BCUT2D eigenvalue weighted by Crippen LogP contribution is -1.94. The van der Waals surface area contributed by atoms with Crippen LogP contribution in [0, 0.1) is 0 Å². The van der Waals surface area contributed by atoms with Crippen molar-refractivity contribution < 1.29 is 4.74 Å². The molecule has 0 atom stereocenters. The number of hydrogen-bond acceptors (Lipinski definition) is 5. The fourth-order valence-corrected chi connectivity index (χ4v) is 1.92. The van der Waals surface area contributed by atoms with Gasteiger partial charge in [-0.15, -0.1) is 10.2 Å². The van der Waals surface area contributed by atoms with Gasteiger partial charge in [-0.3, -0.25) is 0 Å². The Bertz CT molecular complexity index is 430. The normalized spacial score (nSPS) is 10.1. The first kappa shape index (κ1) is 10.9. The van der Waals surface area contributed by atoms with Crippen LogP contribution in [0.1, 0.15) is 11.9 Å². The number of hydrogen-bond donors (Lipinski definition) is 1. The van der Waals surface area contributed by atoms with E-state index in [-0.39, 0.29) is 0 Å². The van der Waals surface area contributed by atoms with Gasteiger partial charge in [-0.05, 0) is 19.1 Å². The van der Waals surface area contributed by atoms with E-state index in [2.05, 4.69) is 15.5 Å². The van der Waals surface area contributed by atoms with Gasteiger partial charge in [0.1, 0.15) is 12.4 Å². The van der Waals surface area contributed by atoms with Crippen LogP contribution in [0.4, 0.5) is 5.13 Å². The Morgan fingerprint density at radius 3 is 2.81 bits per heavy atom. The summed E-state index contributed by atoms with van der Waals surface area (Å²) in [6, 6.07) is 9.69. The molecule has 0 aliphatic carbocycles. The largest absolute Gasteiger partial charge is 0.486 e. The number of para-hydroxylation sites is 1. The van der Waals surface area contributed by atoms with Crippen LogP contribution in [0.2, 0.25) is 0 Å². The number of rotatable bonds is 5. The van der Waals surface area contributed by atoms with Gasteiger partial charge in [0, 0.05) is 6.54 Å². The van der Waals surface area contributed by atoms with Gasteiger partial charge in [-0.2, -0.15) is 0 Å². The third kappa shape index (κ3) is 2.93. The lowest BCUT2D eigenvalue weighted by Gasteiger charge is -2.01. The quantitative estimate of drug-likeness (QED) is 0.865. The summed E-state index contributed by atoms with van der Waals surface area (Å²) in [5.41, 5.74) is 0. The Morgan fingerprint density at radius 1 is 1.25 bits per heavy atom. The second-order valence-electron chi connectivity index (χ2n) is 3.13. The summed E-state index contributed by atoms with van der Waals surface area (Å²) >= 11 is 1.52. The average molecular weight is 235 g/mol. The summed E-state index contributed by atoms with van der Waals surface area (Å²) in [6.45, 7) is 3.35. The predicted octanol–water partition coefficient (Wildman–Crippen LogP) is 2.55. The molecule has 0 amide bonds. The zero-order valence-electron chi connectivity index (χ0n) is 9.01. The summed E-state index contributed by atoms with van der Waals surface area (Å²) in [7, 11) is 0. The van der Waals surface area contributed by atoms with Gasteiger partial charge in [0.25, 0.3) is 0 Å². The molecule has 84 valence electrons. The smallest absolute Gasteiger partial charge is 0.205 e. The molecule has 0 unspecified atom stereocenters. The van der Waals surface area contributed by atoms with Crippen LogP contribution < -0.4 is 10.1 Å². The molecule has 0 spiro atoms. The Labute approximate surface area is 98.3 Å². The molecule has 0 aliphatic rings. The topological polar surface area (TPSA) is 47.0 Å². The molecule has 1 aromatic carbocycles. The van der Waals surface area contributed by atoms with Crippen LogP contribution in [0.25, 0.3) is 0 Å². The van der Waals surface area contributed by atoms with Gasteiger partial charge in [0.15, 0.2) is 5.01 Å². The fraction of sp³-hybridized carbons (Fsp3) is 0.273. The van der Waals surface area contributed by atoms with Crippen molar-refractivity contribution in [2.24, 2.45) is 0 Å². The fourth-order valence-electron chi connectivity index (χ4n) is 1.20. The molecule has 1 aromatic heterocycles. The minimum Gasteiger partial charge on any atom is -0.486 e. The SMILES string of the molecule is CCNc1nnc(COc2ccccc2)s1. The van der Waals surface area contributed by atoms with E-state index in [1.807, 2.05) is 37.3 Å². The van der Waals surface area contributed by atoms with Gasteiger partial charge >= 0.3 is 0 Å². The van der Waals surface area contributed by atoms with E-state index in [0.717, 1.165) is 22.4 Å². The first-order chi connectivity index (χ1) is 7.88. The Morgan fingerprint density at radius 2 is 2.06 bits per heavy atom. The minimum atomic E-state index is 0.465. The summed E-state index contributed by atoms with van der Waals surface area (Å²) < 4.78 is 5.56. The zero-order valence-corrected chi connectivity index (χ0v) is 9.83. The first-order valence-corrected chi connectivity index (χ1v) is 5.94. The van der Waals surface area contributed by atoms with Crippen LogP contribution in [-0.4, -0.2) is 16.7 Å². The molecule has 0 bridgehead atoms. The maximum absolute atomic E-state index is 5.56. The molecule has 2 aromatic rings. The molecule has 0 radical (unpaired) electrons. The standard InChI is InChI=1S/C11H13N3OS/c1-2-12-11-14-13-10(16-11)8-15-9-6-4-3-5-7-9/h3-7H,2,8H2,1H3,(H,12,14). The molecule has 0 saturated heterocycles. The molecule has 16 heavy (non-hydrogen) atoms. The number of aromatic nitrogens is 2. The first-order valence-electron chi connectivity index (χ1n) is 5.12. The van der Waals surface area contributed by atoms with Gasteiger partial charge < -0.3 is 10.1 Å². The molecule has 0 saturated carbocycles. The third-order valence-corrected chi connectivity index (χ3v) is 2.75. The maximum Gasteiger partial charge on any atom is 0.205 e. The highest BCUT2D eigenvalue weighted by molar-refractivity contribution is 7.15. The second-order valence-corrected chi connectivity index (χ2v) is 4.20. The van der Waals surface area contributed by atoms with E-state index in [9.17, 15) is 0 Å². The van der Waals surface area contributed by atoms with Crippen molar-refractivity contribution in [2.45, 2.75) is 13.5 Å². The Kier molecular flexibility index (Phi) is 3.71. The molecule has 1 heterocycles. The Balaban J connectivity index is 1.89. The van der Waals surface area contributed by atoms with Gasteiger partial charge in [-0.25, -0.2) is 0 Å². The third-order valence-electron chi connectivity index (χ3n) is 1.90. The molecule has 5 heteroatoms. The molecule has 2 rings (SSSR count). The zero-order chi connectivity index (χ0) is 11.2. The lowest BCUT2D eigenvalue weighted by molar-refractivity contribution is 0.304. The molecular formula is C11H13N3OS. The molecular weight excluding hydrogens is 222 g/mol. The number of nitrogens with zero attached hydrogens (tertiary/aromatic N) is 2. The van der Waals surface area contributed by atoms with E-state index in [0.29, 0.717) is 6.61 Å². The summed E-state index contributed by atoms with van der Waals surface area (Å²) in [5.74, 6) is 0.850. The summed E-state index contributed by atoms with van der Waals surface area (Å²) in [6.07, 6.45) is 0. The molecule has 0 aliphatic heterocycles. The molecule has 1 N–H and O–H groups in total. The van der Waals surface area contributed by atoms with Crippen molar-refractivity contribution in [1.29, 1.82) is 0 Å². The molecule has 0 fully saturated rings. The van der Waals surface area contributed by atoms with Gasteiger partial charge in [0.05, 0.1) is 0 Å². The number of anilines is 1. The monoisotopic (exact) mass is 235 g/mol. The van der Waals surface area contributed by atoms with Gasteiger partial charge in [-0.1, -0.05) is 29.5 Å². The van der Waals surface area contributed by atoms with E-state index < -0.39 is 0 Å². The molecule has 4 nitrogen and oxygen atoms in total. The highest BCUT2D eigenvalue weighted by atomic mass is 32.1. The van der Waals surface area contributed by atoms with E-state index >= 15 is 0 Å². The lowest BCUT2D eigenvalue weighted by atomic mass is 10.3. The van der Waals surface area contributed by atoms with Crippen molar-refractivity contribution in [2.75, 3.05) is 11.9 Å². The number of nitrogens with one attached hydrogen (secondary N) is 1. The van der Waals surface area contributed by atoms with E-state index in [4.69, 9.17) is 4.74 Å². The van der Waals surface area contributed by atoms with Crippen molar-refractivity contribution in [3.8, 4) is 5.75 Å². The second kappa shape index (κ2) is 5.46. The van der Waals surface area contributed by atoms with Crippen LogP contribution in [0.5, 0.6) is 5.75 Å². The van der Waals surface area contributed by atoms with Crippen molar-refractivity contribution in [1.82, 2.24) is 10.2 Å². The van der Waals surface area contributed by atoms with Crippen molar-refractivity contribution >= 4 is 16.5 Å². The number of ether oxygens (including phenoxy) is 1. The highest BCUT2D eigenvalue weighted by Gasteiger charge is 2.03. The van der Waals surface area contributed by atoms with E-state index in [1.165, 1.54) is 11.3 Å². The van der Waals surface area contributed by atoms with Crippen molar-refractivity contribution in [3.05, 3.63) is 35.3 Å². The maximum atomic E-state index is 5.56. The summed E-state index contributed by atoms with van der Waals surface area (Å²) in [5, 5.41) is 12.9. The Hall–Kier alpha value is -1.62. The van der Waals surface area contributed by atoms with Crippen LogP contribution >= 0.6 is 11.3 Å². The number of benzene rings is 1. The van der Waals surface area contributed by atoms with Crippen LogP contribution in [-0.2, 0) is 6.61 Å². The van der Waals surface area contributed by atoms with Crippen LogP contribution in [0.15, 0.2) is 30.3 Å². The van der Waals surface area contributed by atoms with Crippen LogP contribution in [0.3, 0.4) is 0 Å². The average Bonchev–Trinajstić information content (AvgIpc) is 2.76. The van der Waals surface area contributed by atoms with Gasteiger partial charge in [0.2, 0.25) is 5.13 Å². The highest BCUT2D eigenvalue weighted by Crippen LogP contribution is 2.17. The summed E-state index contributed by atoms with van der Waals surface area (Å²) in [4.78, 5) is 0.